The second-order valence-electron chi connectivity index (χ2n) is 8.47. The highest BCUT2D eigenvalue weighted by Crippen LogP contribution is 2.29. The van der Waals surface area contributed by atoms with Gasteiger partial charge in [-0.2, -0.15) is 13.2 Å². The number of alkyl halides is 3. The van der Waals surface area contributed by atoms with Crippen LogP contribution < -0.4 is 0 Å². The molecule has 0 atom stereocenters. The topological polar surface area (TPSA) is 59.4 Å². The summed E-state index contributed by atoms with van der Waals surface area (Å²) in [4.78, 5) is 14.3. The van der Waals surface area contributed by atoms with E-state index in [0.717, 1.165) is 0 Å². The first-order valence-electron chi connectivity index (χ1n) is 11.0. The van der Waals surface area contributed by atoms with Gasteiger partial charge in [-0.15, -0.1) is 0 Å². The number of carbonyl (C=O) groups excluding carboxylic acids is 1. The fourth-order valence-corrected chi connectivity index (χ4v) is 6.35. The zero-order chi connectivity index (χ0) is 24.5. The lowest BCUT2D eigenvalue weighted by Crippen LogP contribution is -2.39. The van der Waals surface area contributed by atoms with Crippen LogP contribution in [-0.2, 0) is 16.4 Å². The minimum Gasteiger partial charge on any atom is -0.347 e. The molecule has 2 aromatic carbocycles. The van der Waals surface area contributed by atoms with Crippen LogP contribution >= 0.6 is 11.6 Å². The molecule has 1 saturated heterocycles. The summed E-state index contributed by atoms with van der Waals surface area (Å²) in [5.41, 5.74) is 0.249. The Morgan fingerprint density at radius 1 is 1.00 bits per heavy atom. The van der Waals surface area contributed by atoms with Crippen molar-refractivity contribution in [1.82, 2.24) is 9.47 Å². The van der Waals surface area contributed by atoms with Crippen LogP contribution in [0.15, 0.2) is 59.6 Å². The number of likely N-dealkylation sites (tertiary alicyclic amines) is 1. The Morgan fingerprint density at radius 2 is 1.65 bits per heavy atom. The number of hydrogen-bond acceptors (Lipinski definition) is 4. The summed E-state index contributed by atoms with van der Waals surface area (Å²) in [6.07, 6.45) is -1.95. The van der Waals surface area contributed by atoms with Crippen LogP contribution in [0.1, 0.15) is 29.6 Å². The van der Waals surface area contributed by atoms with E-state index in [1.807, 2.05) is 0 Å². The molecule has 0 amide bonds. The van der Waals surface area contributed by atoms with Gasteiger partial charge in [0.2, 0.25) is 0 Å². The van der Waals surface area contributed by atoms with Crippen molar-refractivity contribution in [1.29, 1.82) is 0 Å². The molecule has 2 heterocycles. The van der Waals surface area contributed by atoms with Gasteiger partial charge in [0.05, 0.1) is 15.7 Å². The fraction of sp³-hybridized carbons (Fsp3) is 0.375. The van der Waals surface area contributed by atoms with Crippen molar-refractivity contribution < 1.29 is 26.4 Å². The summed E-state index contributed by atoms with van der Waals surface area (Å²) in [5, 5.41) is 0.325. The van der Waals surface area contributed by atoms with Gasteiger partial charge in [-0.05, 0) is 69.2 Å². The number of halogens is 4. The third-order valence-corrected chi connectivity index (χ3v) is 8.81. The Balaban J connectivity index is 1.36. The maximum atomic E-state index is 13.0. The third-order valence-electron chi connectivity index (χ3n) is 6.28. The van der Waals surface area contributed by atoms with Gasteiger partial charge >= 0.3 is 6.18 Å². The first-order valence-corrected chi connectivity index (χ1v) is 12.9. The zero-order valence-electron chi connectivity index (χ0n) is 18.3. The van der Waals surface area contributed by atoms with E-state index in [1.165, 1.54) is 24.4 Å². The molecule has 5 nitrogen and oxygen atoms in total. The number of carbonyl (C=O) groups is 1. The second-order valence-corrected chi connectivity index (χ2v) is 11.1. The molecule has 0 radical (unpaired) electrons. The van der Waals surface area contributed by atoms with Crippen molar-refractivity contribution in [3.05, 3.63) is 65.3 Å². The summed E-state index contributed by atoms with van der Waals surface area (Å²) >= 11 is 5.86. The number of benzene rings is 2. The van der Waals surface area contributed by atoms with Crippen LogP contribution in [-0.4, -0.2) is 54.7 Å². The number of rotatable bonds is 7. The normalized spacial score (nSPS) is 16.2. The third kappa shape index (κ3) is 5.16. The minimum atomic E-state index is -4.92. The summed E-state index contributed by atoms with van der Waals surface area (Å²) in [5.74, 6) is -1.84. The molecular formula is C24H24ClF3N2O3S. The first-order chi connectivity index (χ1) is 16.1. The largest absolute Gasteiger partial charge is 0.454 e. The first kappa shape index (κ1) is 24.8. The molecule has 0 saturated carbocycles. The Labute approximate surface area is 201 Å². The zero-order valence-corrected chi connectivity index (χ0v) is 19.8. The van der Waals surface area contributed by atoms with Gasteiger partial charge in [-0.25, -0.2) is 8.42 Å². The van der Waals surface area contributed by atoms with E-state index in [0.29, 0.717) is 56.0 Å². The predicted octanol–water partition coefficient (Wildman–Crippen LogP) is 5.37. The van der Waals surface area contributed by atoms with Crippen molar-refractivity contribution in [2.45, 2.75) is 42.1 Å². The monoisotopic (exact) mass is 512 g/mol. The van der Waals surface area contributed by atoms with Gasteiger partial charge in [0, 0.05) is 28.7 Å². The Morgan fingerprint density at radius 3 is 2.29 bits per heavy atom. The lowest BCUT2D eigenvalue weighted by molar-refractivity contribution is -0.0884. The van der Waals surface area contributed by atoms with Gasteiger partial charge in [-0.3, -0.25) is 4.79 Å². The van der Waals surface area contributed by atoms with Gasteiger partial charge < -0.3 is 9.47 Å². The number of para-hydroxylation sites is 1. The van der Waals surface area contributed by atoms with E-state index in [4.69, 9.17) is 11.6 Å². The number of ketones is 1. The molecule has 4 rings (SSSR count). The van der Waals surface area contributed by atoms with E-state index >= 15 is 0 Å². The molecule has 0 aliphatic carbocycles. The Hall–Kier alpha value is -2.36. The molecule has 1 aliphatic heterocycles. The number of hydrogen-bond donors (Lipinski definition) is 0. The van der Waals surface area contributed by atoms with E-state index in [-0.39, 0.29) is 15.8 Å². The molecule has 0 spiro atoms. The molecule has 1 aromatic heterocycles. The molecule has 182 valence electrons. The van der Waals surface area contributed by atoms with Crippen LogP contribution in [0.2, 0.25) is 5.02 Å². The highest BCUT2D eigenvalue weighted by molar-refractivity contribution is 7.92. The Bertz CT molecular complexity index is 1280. The smallest absolute Gasteiger partial charge is 0.347 e. The number of aromatic nitrogens is 1. The van der Waals surface area contributed by atoms with E-state index in [9.17, 15) is 26.4 Å². The summed E-state index contributed by atoms with van der Waals surface area (Å²) < 4.78 is 66.4. The highest BCUT2D eigenvalue weighted by Gasteiger charge is 2.40. The number of Topliss-reactive ketones (excluding diaryl/α,β-unsaturated/α-hetero) is 1. The summed E-state index contributed by atoms with van der Waals surface area (Å²) in [7, 11) is -3.42. The van der Waals surface area contributed by atoms with Crippen LogP contribution in [0.25, 0.3) is 10.9 Å². The van der Waals surface area contributed by atoms with E-state index in [2.05, 4.69) is 4.90 Å². The fourth-order valence-electron chi connectivity index (χ4n) is 4.49. The summed E-state index contributed by atoms with van der Waals surface area (Å²) in [6.45, 7) is 2.39. The SMILES string of the molecule is O=C(c1cn(CCCN2CCC(S(=O)(=O)c3ccc(Cl)cc3)CC2)c2ccccc12)C(F)(F)F. The molecule has 34 heavy (non-hydrogen) atoms. The predicted molar refractivity (Wildman–Crippen MR) is 125 cm³/mol. The average Bonchev–Trinajstić information content (AvgIpc) is 3.17. The van der Waals surface area contributed by atoms with E-state index in [1.54, 1.807) is 34.9 Å². The van der Waals surface area contributed by atoms with Crippen molar-refractivity contribution in [2.24, 2.45) is 0 Å². The van der Waals surface area contributed by atoms with Gasteiger partial charge in [-0.1, -0.05) is 29.8 Å². The quantitative estimate of drug-likeness (QED) is 0.399. The van der Waals surface area contributed by atoms with Gasteiger partial charge in [0.25, 0.3) is 5.78 Å². The lowest BCUT2D eigenvalue weighted by Gasteiger charge is -2.31. The molecular weight excluding hydrogens is 489 g/mol. The molecule has 10 heteroatoms. The standard InChI is InChI=1S/C24H24ClF3N2O3S/c25-17-6-8-18(9-7-17)34(32,33)19-10-14-29(15-11-19)12-3-13-30-16-21(23(31)24(26,27)28)20-4-1-2-5-22(20)30/h1-2,4-9,16,19H,3,10-15H2. The molecule has 0 bridgehead atoms. The molecule has 3 aromatic rings. The van der Waals surface area contributed by atoms with Crippen LogP contribution in [0.3, 0.4) is 0 Å². The molecule has 1 fully saturated rings. The lowest BCUT2D eigenvalue weighted by atomic mass is 10.1. The minimum absolute atomic E-state index is 0.277. The highest BCUT2D eigenvalue weighted by atomic mass is 35.5. The van der Waals surface area contributed by atoms with Crippen LogP contribution in [0.5, 0.6) is 0 Å². The molecule has 1 aliphatic rings. The number of sulfone groups is 1. The van der Waals surface area contributed by atoms with Crippen molar-refractivity contribution in [3.63, 3.8) is 0 Å². The number of aryl methyl sites for hydroxylation is 1. The second kappa shape index (κ2) is 9.71. The maximum Gasteiger partial charge on any atom is 0.454 e. The maximum absolute atomic E-state index is 13.0. The molecule has 0 unspecified atom stereocenters. The summed E-state index contributed by atoms with van der Waals surface area (Å²) in [6, 6.07) is 12.8. The number of fused-ring (bicyclic) bond motifs is 1. The molecule has 0 N–H and O–H groups in total. The number of piperidine rings is 1. The van der Waals surface area contributed by atoms with Crippen molar-refractivity contribution in [2.75, 3.05) is 19.6 Å². The van der Waals surface area contributed by atoms with Gasteiger partial charge in [0.1, 0.15) is 0 Å². The van der Waals surface area contributed by atoms with Crippen LogP contribution in [0.4, 0.5) is 13.2 Å². The van der Waals surface area contributed by atoms with Crippen LogP contribution in [0, 0.1) is 0 Å². The number of nitrogens with zero attached hydrogens (tertiary/aromatic N) is 2. The van der Waals surface area contributed by atoms with E-state index < -0.39 is 27.0 Å². The van der Waals surface area contributed by atoms with Gasteiger partial charge in [0.15, 0.2) is 9.84 Å². The van der Waals surface area contributed by atoms with Crippen molar-refractivity contribution in [3.8, 4) is 0 Å². The van der Waals surface area contributed by atoms with Crippen molar-refractivity contribution >= 4 is 38.1 Å². The average molecular weight is 513 g/mol. The Kier molecular flexibility index (Phi) is 7.07.